The zero-order valence-corrected chi connectivity index (χ0v) is 19.9. The van der Waals surface area contributed by atoms with Crippen molar-refractivity contribution >= 4 is 29.9 Å². The molecule has 0 radical (unpaired) electrons. The third-order valence-electron chi connectivity index (χ3n) is 5.34. The van der Waals surface area contributed by atoms with Crippen LogP contribution in [-0.4, -0.2) is 50.8 Å². The summed E-state index contributed by atoms with van der Waals surface area (Å²) in [6.45, 7) is 6.55. The first-order valence-corrected chi connectivity index (χ1v) is 10.4. The Labute approximate surface area is 192 Å². The van der Waals surface area contributed by atoms with Crippen LogP contribution in [0.2, 0.25) is 0 Å². The molecule has 3 rings (SSSR count). The molecule has 1 N–H and O–H groups in total. The van der Waals surface area contributed by atoms with Crippen LogP contribution in [0.25, 0.3) is 0 Å². The van der Waals surface area contributed by atoms with Crippen LogP contribution in [0.1, 0.15) is 36.8 Å². The fraction of sp³-hybridized carbons (Fsp3) is 0.458. The van der Waals surface area contributed by atoms with Crippen LogP contribution in [0.15, 0.2) is 65.7 Å². The highest BCUT2D eigenvalue weighted by molar-refractivity contribution is 14.0. The third kappa shape index (κ3) is 7.30. The predicted molar refractivity (Wildman–Crippen MR) is 132 cm³/mol. The number of hydrogen-bond acceptors (Lipinski definition) is 2. The van der Waals surface area contributed by atoms with Gasteiger partial charge in [0.1, 0.15) is 0 Å². The minimum absolute atomic E-state index is 0. The molecule has 1 unspecified atom stereocenters. The van der Waals surface area contributed by atoms with Crippen LogP contribution in [0.3, 0.4) is 0 Å². The summed E-state index contributed by atoms with van der Waals surface area (Å²) in [6, 6.07) is 21.5. The molecular formula is C24H34IN3O. The molecule has 0 amide bonds. The van der Waals surface area contributed by atoms with Gasteiger partial charge in [-0.15, -0.1) is 24.0 Å². The van der Waals surface area contributed by atoms with E-state index in [4.69, 9.17) is 9.73 Å². The van der Waals surface area contributed by atoms with E-state index < -0.39 is 0 Å². The molecule has 2 aromatic carbocycles. The summed E-state index contributed by atoms with van der Waals surface area (Å²) in [7, 11) is 2.13. The third-order valence-corrected chi connectivity index (χ3v) is 5.34. The van der Waals surface area contributed by atoms with E-state index in [9.17, 15) is 0 Å². The second kappa shape index (κ2) is 12.9. The Bertz CT molecular complexity index is 678. The van der Waals surface area contributed by atoms with Gasteiger partial charge in [-0.05, 0) is 30.9 Å². The van der Waals surface area contributed by atoms with Gasteiger partial charge in [-0.2, -0.15) is 0 Å². The van der Waals surface area contributed by atoms with E-state index in [1.165, 1.54) is 11.1 Å². The Morgan fingerprint density at radius 1 is 1.10 bits per heavy atom. The Kier molecular flexibility index (Phi) is 10.5. The second-order valence-corrected chi connectivity index (χ2v) is 7.51. The minimum Gasteiger partial charge on any atom is -0.381 e. The largest absolute Gasteiger partial charge is 0.381 e. The average molecular weight is 507 g/mol. The Morgan fingerprint density at radius 3 is 2.24 bits per heavy atom. The van der Waals surface area contributed by atoms with Gasteiger partial charge in [-0.25, -0.2) is 0 Å². The summed E-state index contributed by atoms with van der Waals surface area (Å²) in [6.07, 6.45) is 2.14. The lowest BCUT2D eigenvalue weighted by molar-refractivity contribution is 0.181. The maximum absolute atomic E-state index is 5.52. The summed E-state index contributed by atoms with van der Waals surface area (Å²) < 4.78 is 5.52. The number of rotatable bonds is 8. The van der Waals surface area contributed by atoms with Crippen molar-refractivity contribution in [1.29, 1.82) is 0 Å². The lowest BCUT2D eigenvalue weighted by Crippen LogP contribution is -2.41. The first-order chi connectivity index (χ1) is 13.8. The number of aliphatic imine (C=N–C) groups is 1. The van der Waals surface area contributed by atoms with Crippen LogP contribution in [0, 0.1) is 5.92 Å². The monoisotopic (exact) mass is 507 g/mol. The lowest BCUT2D eigenvalue weighted by Gasteiger charge is -2.25. The van der Waals surface area contributed by atoms with Crippen molar-refractivity contribution in [2.75, 3.05) is 39.9 Å². The highest BCUT2D eigenvalue weighted by Crippen LogP contribution is 2.27. The van der Waals surface area contributed by atoms with Crippen LogP contribution >= 0.6 is 24.0 Å². The minimum atomic E-state index is 0. The van der Waals surface area contributed by atoms with E-state index in [0.717, 1.165) is 51.6 Å². The number of nitrogens with zero attached hydrogens (tertiary/aromatic N) is 2. The molecular weight excluding hydrogens is 473 g/mol. The van der Waals surface area contributed by atoms with Crippen molar-refractivity contribution < 1.29 is 4.74 Å². The molecule has 1 heterocycles. The van der Waals surface area contributed by atoms with Crippen LogP contribution in [0.5, 0.6) is 0 Å². The molecule has 4 nitrogen and oxygen atoms in total. The first-order valence-electron chi connectivity index (χ1n) is 10.4. The standard InChI is InChI=1S/C24H33N3O.HI/c1-3-25-24(27(2)18-20-15-17-28-19-20)26-16-14-23(21-10-6-4-7-11-21)22-12-8-5-9-13-22;/h4-13,20,23H,3,14-19H2,1-2H3,(H,25,26);1H. The van der Waals surface area contributed by atoms with E-state index >= 15 is 0 Å². The molecule has 0 bridgehead atoms. The number of halogens is 1. The molecule has 29 heavy (non-hydrogen) atoms. The van der Waals surface area contributed by atoms with Crippen LogP contribution < -0.4 is 5.32 Å². The topological polar surface area (TPSA) is 36.9 Å². The van der Waals surface area contributed by atoms with Crippen molar-refractivity contribution in [2.24, 2.45) is 10.9 Å². The fourth-order valence-corrected chi connectivity index (χ4v) is 3.87. The number of ether oxygens (including phenoxy) is 1. The normalized spacial score (nSPS) is 16.5. The summed E-state index contributed by atoms with van der Waals surface area (Å²) in [5, 5.41) is 3.44. The summed E-state index contributed by atoms with van der Waals surface area (Å²) in [5.74, 6) is 1.96. The molecule has 1 aliphatic rings. The SMILES string of the molecule is CCNC(=NCCC(c1ccccc1)c1ccccc1)N(C)CC1CCOC1.I. The number of guanidine groups is 1. The number of nitrogens with one attached hydrogen (secondary N) is 1. The summed E-state index contributed by atoms with van der Waals surface area (Å²) in [5.41, 5.74) is 2.70. The smallest absolute Gasteiger partial charge is 0.193 e. The highest BCUT2D eigenvalue weighted by Gasteiger charge is 2.19. The van der Waals surface area contributed by atoms with Gasteiger partial charge in [0.15, 0.2) is 5.96 Å². The van der Waals surface area contributed by atoms with Crippen LogP contribution in [0.4, 0.5) is 0 Å². The van der Waals surface area contributed by atoms with Gasteiger partial charge in [0.25, 0.3) is 0 Å². The lowest BCUT2D eigenvalue weighted by atomic mass is 9.89. The molecule has 1 atom stereocenters. The van der Waals surface area contributed by atoms with Gasteiger partial charge in [0, 0.05) is 45.1 Å². The first kappa shape index (κ1) is 23.7. The Morgan fingerprint density at radius 2 is 1.72 bits per heavy atom. The molecule has 1 aliphatic heterocycles. The van der Waals surface area contributed by atoms with Gasteiger partial charge >= 0.3 is 0 Å². The molecule has 0 aliphatic carbocycles. The molecule has 0 saturated carbocycles. The molecule has 2 aromatic rings. The van der Waals surface area contributed by atoms with E-state index in [2.05, 4.69) is 84.9 Å². The molecule has 5 heteroatoms. The molecule has 0 aromatic heterocycles. The van der Waals surface area contributed by atoms with Crippen molar-refractivity contribution in [3.05, 3.63) is 71.8 Å². The van der Waals surface area contributed by atoms with E-state index in [1.807, 2.05) is 0 Å². The van der Waals surface area contributed by atoms with E-state index in [0.29, 0.717) is 11.8 Å². The predicted octanol–water partition coefficient (Wildman–Crippen LogP) is 4.76. The van der Waals surface area contributed by atoms with Crippen molar-refractivity contribution in [1.82, 2.24) is 10.2 Å². The zero-order valence-electron chi connectivity index (χ0n) is 17.6. The number of benzene rings is 2. The Balaban J connectivity index is 0.00000300. The second-order valence-electron chi connectivity index (χ2n) is 7.51. The fourth-order valence-electron chi connectivity index (χ4n) is 3.87. The van der Waals surface area contributed by atoms with Crippen molar-refractivity contribution in [3.8, 4) is 0 Å². The van der Waals surface area contributed by atoms with E-state index in [1.54, 1.807) is 0 Å². The summed E-state index contributed by atoms with van der Waals surface area (Å²) >= 11 is 0. The molecule has 1 fully saturated rings. The maximum atomic E-state index is 5.52. The quantitative estimate of drug-likeness (QED) is 0.318. The van der Waals surface area contributed by atoms with Crippen molar-refractivity contribution in [3.63, 3.8) is 0 Å². The van der Waals surface area contributed by atoms with Gasteiger partial charge < -0.3 is 15.0 Å². The van der Waals surface area contributed by atoms with Gasteiger partial charge in [0.05, 0.1) is 6.61 Å². The zero-order chi connectivity index (χ0) is 19.6. The van der Waals surface area contributed by atoms with Crippen molar-refractivity contribution in [2.45, 2.75) is 25.7 Å². The molecule has 158 valence electrons. The van der Waals surface area contributed by atoms with Gasteiger partial charge in [0.2, 0.25) is 0 Å². The number of hydrogen-bond donors (Lipinski definition) is 1. The van der Waals surface area contributed by atoms with E-state index in [-0.39, 0.29) is 24.0 Å². The van der Waals surface area contributed by atoms with Gasteiger partial charge in [-0.1, -0.05) is 60.7 Å². The highest BCUT2D eigenvalue weighted by atomic mass is 127. The maximum Gasteiger partial charge on any atom is 0.193 e. The molecule has 1 saturated heterocycles. The van der Waals surface area contributed by atoms with Crippen LogP contribution in [-0.2, 0) is 4.74 Å². The Hall–Kier alpha value is -1.60. The molecule has 0 spiro atoms. The van der Waals surface area contributed by atoms with Gasteiger partial charge in [-0.3, -0.25) is 4.99 Å². The summed E-state index contributed by atoms with van der Waals surface area (Å²) in [4.78, 5) is 7.19. The average Bonchev–Trinajstić information content (AvgIpc) is 3.24.